The molecule has 0 amide bonds. The summed E-state index contributed by atoms with van der Waals surface area (Å²) in [4.78, 5) is 0. The van der Waals surface area contributed by atoms with Crippen molar-refractivity contribution in [3.63, 3.8) is 0 Å². The van der Waals surface area contributed by atoms with Gasteiger partial charge in [-0.05, 0) is 18.3 Å². The van der Waals surface area contributed by atoms with Crippen molar-refractivity contribution in [2.75, 3.05) is 13.1 Å². The Kier molecular flexibility index (Phi) is 1.57. The van der Waals surface area contributed by atoms with Crippen LogP contribution in [0.3, 0.4) is 0 Å². The predicted molar refractivity (Wildman–Crippen MR) is 34.6 cm³/mol. The number of hydrogen-bond acceptors (Lipinski definition) is 0. The Bertz CT molecular complexity index is 68.5. The molecule has 1 aliphatic rings. The van der Waals surface area contributed by atoms with Crippen molar-refractivity contribution in [1.82, 2.24) is 5.32 Å². The fourth-order valence-corrected chi connectivity index (χ4v) is 0.978. The summed E-state index contributed by atoms with van der Waals surface area (Å²) in [6.45, 7) is 6.53. The van der Waals surface area contributed by atoms with E-state index >= 15 is 0 Å². The van der Waals surface area contributed by atoms with Crippen LogP contribution in [-0.2, 0) is 0 Å². The third-order valence-electron chi connectivity index (χ3n) is 1.50. The molecule has 1 saturated heterocycles. The van der Waals surface area contributed by atoms with E-state index in [0.29, 0.717) is 5.41 Å². The summed E-state index contributed by atoms with van der Waals surface area (Å²) in [5, 5.41) is 4.30. The van der Waals surface area contributed by atoms with Crippen molar-refractivity contribution in [2.45, 2.75) is 20.3 Å². The molecule has 0 aromatic rings. The van der Waals surface area contributed by atoms with Crippen molar-refractivity contribution >= 4 is 0 Å². The fourth-order valence-electron chi connectivity index (χ4n) is 0.978. The van der Waals surface area contributed by atoms with Gasteiger partial charge in [0.15, 0.2) is 0 Å². The Morgan fingerprint density at radius 2 is 2.25 bits per heavy atom. The topological polar surface area (TPSA) is 14.1 Å². The van der Waals surface area contributed by atoms with E-state index in [-0.39, 0.29) is 0 Å². The zero-order valence-electron chi connectivity index (χ0n) is 5.65. The molecule has 8 heavy (non-hydrogen) atoms. The second-order valence-corrected chi connectivity index (χ2v) is 3.09. The van der Waals surface area contributed by atoms with E-state index in [1.54, 1.807) is 0 Å². The van der Waals surface area contributed by atoms with E-state index in [2.05, 4.69) is 25.6 Å². The van der Waals surface area contributed by atoms with E-state index in [9.17, 15) is 0 Å². The Morgan fingerprint density at radius 3 is 2.50 bits per heavy atom. The molecule has 1 heteroatoms. The first-order valence-corrected chi connectivity index (χ1v) is 3.18. The summed E-state index contributed by atoms with van der Waals surface area (Å²) >= 11 is 0. The summed E-state index contributed by atoms with van der Waals surface area (Å²) in [7, 11) is 0. The van der Waals surface area contributed by atoms with Crippen LogP contribution in [0.15, 0.2) is 0 Å². The fraction of sp³-hybridized carbons (Fsp3) is 0.857. The summed E-state index contributed by atoms with van der Waals surface area (Å²) in [6, 6.07) is 0. The summed E-state index contributed by atoms with van der Waals surface area (Å²) < 4.78 is 0. The Labute approximate surface area is 51.5 Å². The summed E-state index contributed by atoms with van der Waals surface area (Å²) in [5.74, 6) is 0. The molecule has 0 N–H and O–H groups in total. The smallest absolute Gasteiger partial charge is 0.0187 e. The van der Waals surface area contributed by atoms with Gasteiger partial charge in [-0.2, -0.15) is 0 Å². The van der Waals surface area contributed by atoms with Crippen molar-refractivity contribution in [2.24, 2.45) is 5.41 Å². The average Bonchev–Trinajstić information content (AvgIpc) is 1.65. The minimum absolute atomic E-state index is 0.387. The molecule has 1 aliphatic heterocycles. The van der Waals surface area contributed by atoms with Gasteiger partial charge in [-0.1, -0.05) is 13.8 Å². The average molecular weight is 111 g/mol. The van der Waals surface area contributed by atoms with Gasteiger partial charge < -0.3 is 0 Å². The highest BCUT2D eigenvalue weighted by atomic mass is 14.9. The highest BCUT2D eigenvalue weighted by Crippen LogP contribution is 2.22. The highest BCUT2D eigenvalue weighted by Gasteiger charge is 2.20. The van der Waals surface area contributed by atoms with Crippen LogP contribution >= 0.6 is 0 Å². The van der Waals surface area contributed by atoms with Crippen molar-refractivity contribution in [3.8, 4) is 0 Å². The molecule has 0 aromatic heterocycles. The van der Waals surface area contributed by atoms with Gasteiger partial charge >= 0.3 is 0 Å². The first-order valence-electron chi connectivity index (χ1n) is 3.18. The summed E-state index contributed by atoms with van der Waals surface area (Å²) in [5.41, 5.74) is 0.387. The van der Waals surface area contributed by atoms with E-state index in [1.165, 1.54) is 6.42 Å². The van der Waals surface area contributed by atoms with Gasteiger partial charge in [0.1, 0.15) is 0 Å². The van der Waals surface area contributed by atoms with Crippen LogP contribution in [0.25, 0.3) is 0 Å². The Morgan fingerprint density at radius 1 is 1.50 bits per heavy atom. The molecular formula is C7H13N. The number of nitrogens with zero attached hydrogens (tertiary/aromatic N) is 1. The lowest BCUT2D eigenvalue weighted by Gasteiger charge is -2.27. The molecule has 0 bridgehead atoms. The highest BCUT2D eigenvalue weighted by molar-refractivity contribution is 4.90. The van der Waals surface area contributed by atoms with E-state index in [4.69, 9.17) is 0 Å². The van der Waals surface area contributed by atoms with Gasteiger partial charge in [-0.3, -0.25) is 0 Å². The number of piperidine rings is 1. The molecular weight excluding hydrogens is 98.1 g/mol. The van der Waals surface area contributed by atoms with Crippen molar-refractivity contribution in [1.29, 1.82) is 0 Å². The predicted octanol–water partition coefficient (Wildman–Crippen LogP) is 1.22. The van der Waals surface area contributed by atoms with Gasteiger partial charge in [0.2, 0.25) is 0 Å². The maximum atomic E-state index is 4.30. The molecule has 46 valence electrons. The molecule has 1 rings (SSSR count). The van der Waals surface area contributed by atoms with Crippen LogP contribution < -0.4 is 5.32 Å². The molecule has 1 fully saturated rings. The van der Waals surface area contributed by atoms with Crippen LogP contribution in [0.2, 0.25) is 0 Å². The third kappa shape index (κ3) is 1.48. The summed E-state index contributed by atoms with van der Waals surface area (Å²) in [6.07, 6.45) is 3.53. The quantitative estimate of drug-likeness (QED) is 0.446. The Hall–Kier alpha value is -0.0400. The minimum Gasteiger partial charge on any atom is -0.241 e. The van der Waals surface area contributed by atoms with Gasteiger partial charge in [-0.25, -0.2) is 5.32 Å². The monoisotopic (exact) mass is 111 g/mol. The Balaban J connectivity index is 2.33. The molecule has 0 aliphatic carbocycles. The third-order valence-corrected chi connectivity index (χ3v) is 1.50. The standard InChI is InChI=1S/C7H13N/c1-7(2)4-3-5-8-6-7/h4H,3,5-6H2,1-2H3. The molecule has 0 saturated carbocycles. The maximum absolute atomic E-state index is 4.30. The van der Waals surface area contributed by atoms with Gasteiger partial charge in [-0.15, -0.1) is 0 Å². The van der Waals surface area contributed by atoms with Crippen LogP contribution in [0, 0.1) is 11.8 Å². The zero-order chi connectivity index (χ0) is 6.04. The molecule has 2 radical (unpaired) electrons. The van der Waals surface area contributed by atoms with Crippen LogP contribution in [-0.4, -0.2) is 13.1 Å². The van der Waals surface area contributed by atoms with Gasteiger partial charge in [0.25, 0.3) is 0 Å². The number of rotatable bonds is 0. The van der Waals surface area contributed by atoms with E-state index in [1.807, 2.05) is 0 Å². The van der Waals surface area contributed by atoms with Crippen molar-refractivity contribution in [3.05, 3.63) is 6.42 Å². The first kappa shape index (κ1) is 6.09. The second-order valence-electron chi connectivity index (χ2n) is 3.09. The largest absolute Gasteiger partial charge is 0.241 e. The molecule has 1 nitrogen and oxygen atoms in total. The van der Waals surface area contributed by atoms with Gasteiger partial charge in [0, 0.05) is 13.1 Å². The maximum Gasteiger partial charge on any atom is 0.0187 e. The molecule has 0 spiro atoms. The molecule has 0 atom stereocenters. The van der Waals surface area contributed by atoms with Crippen LogP contribution in [0.5, 0.6) is 0 Å². The van der Waals surface area contributed by atoms with Crippen LogP contribution in [0.4, 0.5) is 0 Å². The zero-order valence-corrected chi connectivity index (χ0v) is 5.65. The number of hydrogen-bond donors (Lipinski definition) is 0. The van der Waals surface area contributed by atoms with Gasteiger partial charge in [0.05, 0.1) is 0 Å². The molecule has 0 aromatic carbocycles. The lowest BCUT2D eigenvalue weighted by atomic mass is 9.85. The SMILES string of the molecule is CC1(C)[CH]CC[N]C1. The van der Waals surface area contributed by atoms with Crippen molar-refractivity contribution < 1.29 is 0 Å². The second kappa shape index (κ2) is 2.06. The molecule has 1 heterocycles. The molecule has 0 unspecified atom stereocenters. The van der Waals surface area contributed by atoms with E-state index in [0.717, 1.165) is 13.1 Å². The lowest BCUT2D eigenvalue weighted by Crippen LogP contribution is -2.31. The van der Waals surface area contributed by atoms with Crippen LogP contribution in [0.1, 0.15) is 20.3 Å². The first-order chi connectivity index (χ1) is 3.71. The lowest BCUT2D eigenvalue weighted by molar-refractivity contribution is 0.344. The van der Waals surface area contributed by atoms with E-state index < -0.39 is 0 Å². The normalized spacial score (nSPS) is 27.8. The minimum atomic E-state index is 0.387.